The first kappa shape index (κ1) is 19.7. The first-order chi connectivity index (χ1) is 14.2. The van der Waals surface area contributed by atoms with Crippen molar-refractivity contribution in [2.24, 2.45) is 11.8 Å². The van der Waals surface area contributed by atoms with Gasteiger partial charge in [-0.05, 0) is 68.0 Å². The monoisotopic (exact) mass is 392 g/mol. The standard InChI is InChI=1S/C24H32N4O/c1-18-13-15-28(16-14-18)22-10-7-20(8-11-22)26-23-12-9-21(17-25-23)27-24(29)19-5-3-2-4-6-19/h7-12,17-19H,2-6,13-16H2,1H3,(H,25,26)(H,27,29). The van der Waals surface area contributed by atoms with Gasteiger partial charge >= 0.3 is 0 Å². The molecule has 0 atom stereocenters. The summed E-state index contributed by atoms with van der Waals surface area (Å²) in [5.41, 5.74) is 3.07. The Morgan fingerprint density at radius 1 is 0.931 bits per heavy atom. The van der Waals surface area contributed by atoms with Gasteiger partial charge in [0, 0.05) is 30.4 Å². The largest absolute Gasteiger partial charge is 0.372 e. The maximum Gasteiger partial charge on any atom is 0.227 e. The minimum atomic E-state index is 0.134. The van der Waals surface area contributed by atoms with Gasteiger partial charge in [-0.3, -0.25) is 4.79 Å². The Bertz CT molecular complexity index is 789. The second-order valence-electron chi connectivity index (χ2n) is 8.60. The minimum Gasteiger partial charge on any atom is -0.372 e. The first-order valence-electron chi connectivity index (χ1n) is 11.1. The van der Waals surface area contributed by atoms with Gasteiger partial charge in [0.2, 0.25) is 5.91 Å². The predicted molar refractivity (Wildman–Crippen MR) is 120 cm³/mol. The third-order valence-corrected chi connectivity index (χ3v) is 6.30. The normalized spacial score (nSPS) is 18.4. The fourth-order valence-electron chi connectivity index (χ4n) is 4.32. The molecule has 1 saturated carbocycles. The van der Waals surface area contributed by atoms with E-state index in [1.807, 2.05) is 12.1 Å². The lowest BCUT2D eigenvalue weighted by atomic mass is 9.88. The summed E-state index contributed by atoms with van der Waals surface area (Å²) in [5.74, 6) is 1.91. The van der Waals surface area contributed by atoms with Gasteiger partial charge in [0.15, 0.2) is 0 Å². The average Bonchev–Trinajstić information content (AvgIpc) is 2.77. The molecule has 0 bridgehead atoms. The molecule has 5 heteroatoms. The number of benzene rings is 1. The Hall–Kier alpha value is -2.56. The molecule has 0 radical (unpaired) electrons. The molecule has 2 N–H and O–H groups in total. The summed E-state index contributed by atoms with van der Waals surface area (Å²) in [6.07, 6.45) is 9.86. The van der Waals surface area contributed by atoms with Crippen LogP contribution in [0.1, 0.15) is 51.9 Å². The Morgan fingerprint density at radius 2 is 1.62 bits per heavy atom. The van der Waals surface area contributed by atoms with Gasteiger partial charge in [-0.1, -0.05) is 26.2 Å². The molecule has 154 valence electrons. The Labute approximate surface area is 173 Å². The number of nitrogens with one attached hydrogen (secondary N) is 2. The molecule has 5 nitrogen and oxygen atoms in total. The lowest BCUT2D eigenvalue weighted by Crippen LogP contribution is -2.32. The summed E-state index contributed by atoms with van der Waals surface area (Å²) < 4.78 is 0. The molecule has 4 rings (SSSR count). The van der Waals surface area contributed by atoms with E-state index in [1.54, 1.807) is 6.20 Å². The highest BCUT2D eigenvalue weighted by atomic mass is 16.1. The fraction of sp³-hybridized carbons (Fsp3) is 0.500. The molecule has 1 saturated heterocycles. The van der Waals surface area contributed by atoms with Gasteiger partial charge in [-0.2, -0.15) is 0 Å². The topological polar surface area (TPSA) is 57.3 Å². The third-order valence-electron chi connectivity index (χ3n) is 6.30. The molecular formula is C24H32N4O. The quantitative estimate of drug-likeness (QED) is 0.697. The molecule has 2 fully saturated rings. The number of hydrogen-bond acceptors (Lipinski definition) is 4. The number of rotatable bonds is 5. The maximum atomic E-state index is 12.4. The number of pyridine rings is 1. The Balaban J connectivity index is 1.31. The molecule has 1 aromatic heterocycles. The summed E-state index contributed by atoms with van der Waals surface area (Å²) in [7, 11) is 0. The fourth-order valence-corrected chi connectivity index (χ4v) is 4.32. The van der Waals surface area contributed by atoms with E-state index in [9.17, 15) is 4.79 Å². The second-order valence-corrected chi connectivity index (χ2v) is 8.60. The van der Waals surface area contributed by atoms with Crippen LogP contribution in [0.15, 0.2) is 42.6 Å². The average molecular weight is 393 g/mol. The third kappa shape index (κ3) is 5.28. The SMILES string of the molecule is CC1CCN(c2ccc(Nc3ccc(NC(=O)C4CCCCC4)cn3)cc2)CC1. The molecule has 2 heterocycles. The highest BCUT2D eigenvalue weighted by Crippen LogP contribution is 2.26. The number of amides is 1. The molecule has 1 aliphatic heterocycles. The Morgan fingerprint density at radius 3 is 2.28 bits per heavy atom. The van der Waals surface area contributed by atoms with Crippen molar-refractivity contribution in [1.29, 1.82) is 0 Å². The van der Waals surface area contributed by atoms with Gasteiger partial charge in [-0.25, -0.2) is 4.98 Å². The molecule has 0 spiro atoms. The number of aromatic nitrogens is 1. The van der Waals surface area contributed by atoms with E-state index in [0.29, 0.717) is 0 Å². The number of carbonyl (C=O) groups is 1. The summed E-state index contributed by atoms with van der Waals surface area (Å²) in [4.78, 5) is 19.3. The number of anilines is 4. The molecule has 1 amide bonds. The molecule has 2 aromatic rings. The maximum absolute atomic E-state index is 12.4. The minimum absolute atomic E-state index is 0.134. The Kier molecular flexibility index (Phi) is 6.33. The van der Waals surface area contributed by atoms with Crippen molar-refractivity contribution in [3.63, 3.8) is 0 Å². The highest BCUT2D eigenvalue weighted by molar-refractivity contribution is 5.92. The number of nitrogens with zero attached hydrogens (tertiary/aromatic N) is 2. The molecule has 2 aliphatic rings. The zero-order valence-corrected chi connectivity index (χ0v) is 17.4. The van der Waals surface area contributed by atoms with Gasteiger partial charge in [0.25, 0.3) is 0 Å². The van der Waals surface area contributed by atoms with Crippen molar-refractivity contribution in [3.8, 4) is 0 Å². The van der Waals surface area contributed by atoms with Crippen molar-refractivity contribution in [3.05, 3.63) is 42.6 Å². The van der Waals surface area contributed by atoms with Crippen molar-refractivity contribution < 1.29 is 4.79 Å². The zero-order valence-electron chi connectivity index (χ0n) is 17.4. The van der Waals surface area contributed by atoms with E-state index in [2.05, 4.69) is 51.7 Å². The smallest absolute Gasteiger partial charge is 0.227 e. The van der Waals surface area contributed by atoms with Crippen LogP contribution in [0.3, 0.4) is 0 Å². The van der Waals surface area contributed by atoms with Gasteiger partial charge in [0.1, 0.15) is 5.82 Å². The van der Waals surface area contributed by atoms with Crippen LogP contribution < -0.4 is 15.5 Å². The van der Waals surface area contributed by atoms with E-state index in [-0.39, 0.29) is 11.8 Å². The summed E-state index contributed by atoms with van der Waals surface area (Å²) in [6, 6.07) is 12.4. The van der Waals surface area contributed by atoms with Crippen LogP contribution in [0.25, 0.3) is 0 Å². The van der Waals surface area contributed by atoms with E-state index in [4.69, 9.17) is 0 Å². The first-order valence-corrected chi connectivity index (χ1v) is 11.1. The zero-order chi connectivity index (χ0) is 20.1. The van der Waals surface area contributed by atoms with E-state index in [0.717, 1.165) is 61.9 Å². The van der Waals surface area contributed by atoms with Crippen LogP contribution in [-0.4, -0.2) is 24.0 Å². The number of carbonyl (C=O) groups excluding carboxylic acids is 1. The van der Waals surface area contributed by atoms with Crippen LogP contribution in [0, 0.1) is 11.8 Å². The van der Waals surface area contributed by atoms with Crippen LogP contribution in [0.2, 0.25) is 0 Å². The molecule has 1 aliphatic carbocycles. The van der Waals surface area contributed by atoms with Gasteiger partial charge in [0.05, 0.1) is 11.9 Å². The molecule has 29 heavy (non-hydrogen) atoms. The van der Waals surface area contributed by atoms with E-state index < -0.39 is 0 Å². The van der Waals surface area contributed by atoms with Crippen molar-refractivity contribution in [1.82, 2.24) is 4.98 Å². The van der Waals surface area contributed by atoms with E-state index in [1.165, 1.54) is 24.9 Å². The van der Waals surface area contributed by atoms with Crippen molar-refractivity contribution >= 4 is 28.8 Å². The predicted octanol–water partition coefficient (Wildman–Crippen LogP) is 5.58. The van der Waals surface area contributed by atoms with Crippen LogP contribution in [0.4, 0.5) is 22.9 Å². The lowest BCUT2D eigenvalue weighted by Gasteiger charge is -2.32. The van der Waals surface area contributed by atoms with Crippen molar-refractivity contribution in [2.75, 3.05) is 28.6 Å². The van der Waals surface area contributed by atoms with E-state index >= 15 is 0 Å². The lowest BCUT2D eigenvalue weighted by molar-refractivity contribution is -0.120. The molecule has 1 aromatic carbocycles. The highest BCUT2D eigenvalue weighted by Gasteiger charge is 2.21. The van der Waals surface area contributed by atoms with Gasteiger partial charge in [-0.15, -0.1) is 0 Å². The summed E-state index contributed by atoms with van der Waals surface area (Å²) >= 11 is 0. The number of piperidine rings is 1. The molecular weight excluding hydrogens is 360 g/mol. The summed E-state index contributed by atoms with van der Waals surface area (Å²) in [5, 5.41) is 6.36. The van der Waals surface area contributed by atoms with Crippen LogP contribution in [0.5, 0.6) is 0 Å². The second kappa shape index (κ2) is 9.29. The van der Waals surface area contributed by atoms with Gasteiger partial charge < -0.3 is 15.5 Å². The summed E-state index contributed by atoms with van der Waals surface area (Å²) in [6.45, 7) is 4.62. The van der Waals surface area contributed by atoms with Crippen molar-refractivity contribution in [2.45, 2.75) is 51.9 Å². The number of hydrogen-bond donors (Lipinski definition) is 2. The van der Waals surface area contributed by atoms with Crippen LogP contribution in [-0.2, 0) is 4.79 Å². The van der Waals surface area contributed by atoms with Crippen LogP contribution >= 0.6 is 0 Å². The molecule has 0 unspecified atom stereocenters.